The summed E-state index contributed by atoms with van der Waals surface area (Å²) in [5, 5.41) is 11.2. The number of ether oxygens (including phenoxy) is 1. The van der Waals surface area contributed by atoms with Gasteiger partial charge in [0, 0.05) is 31.7 Å². The number of aliphatic hydroxyl groups excluding tert-OH is 1. The third kappa shape index (κ3) is 4.93. The van der Waals surface area contributed by atoms with Crippen LogP contribution in [0.3, 0.4) is 0 Å². The maximum absolute atomic E-state index is 13.2. The van der Waals surface area contributed by atoms with Crippen LogP contribution in [-0.2, 0) is 19.7 Å². The molecule has 2 heterocycles. The SMILES string of the molecule is Cc1ccc(/C(O)=C2/C(=O)C(=O)N(CCN3CCOCC3)C2c2ccc(C(C)(C)C)cc2)cc1. The first kappa shape index (κ1) is 24.2. The molecule has 1 atom stereocenters. The van der Waals surface area contributed by atoms with E-state index >= 15 is 0 Å². The third-order valence-corrected chi connectivity index (χ3v) is 6.72. The number of Topliss-reactive ketones (excluding diaryl/α,β-unsaturated/α-hetero) is 1. The minimum atomic E-state index is -0.634. The van der Waals surface area contributed by atoms with E-state index in [9.17, 15) is 14.7 Å². The van der Waals surface area contributed by atoms with Gasteiger partial charge >= 0.3 is 0 Å². The van der Waals surface area contributed by atoms with Crippen molar-refractivity contribution in [2.45, 2.75) is 39.2 Å². The van der Waals surface area contributed by atoms with E-state index in [4.69, 9.17) is 4.74 Å². The Morgan fingerprint density at radius 1 is 0.971 bits per heavy atom. The standard InChI is InChI=1S/C28H34N2O4/c1-19-5-7-21(8-6-19)25(31)23-24(20-9-11-22(12-10-20)28(2,3)4)30(27(33)26(23)32)14-13-29-15-17-34-18-16-29/h5-12,24,31H,13-18H2,1-4H3/b25-23-. The smallest absolute Gasteiger partial charge is 0.295 e. The zero-order valence-electron chi connectivity index (χ0n) is 20.5. The first-order chi connectivity index (χ1) is 16.2. The number of likely N-dealkylation sites (tertiary alicyclic amines) is 1. The van der Waals surface area contributed by atoms with E-state index in [0.29, 0.717) is 31.9 Å². The van der Waals surface area contributed by atoms with Crippen molar-refractivity contribution in [1.29, 1.82) is 0 Å². The summed E-state index contributed by atoms with van der Waals surface area (Å²) in [5.74, 6) is -1.33. The lowest BCUT2D eigenvalue weighted by Gasteiger charge is -2.31. The van der Waals surface area contributed by atoms with Crippen molar-refractivity contribution >= 4 is 17.4 Å². The number of morpholine rings is 1. The second kappa shape index (κ2) is 9.72. The zero-order valence-corrected chi connectivity index (χ0v) is 20.5. The lowest BCUT2D eigenvalue weighted by Crippen LogP contribution is -2.42. The summed E-state index contributed by atoms with van der Waals surface area (Å²) < 4.78 is 5.43. The predicted octanol–water partition coefficient (Wildman–Crippen LogP) is 4.05. The number of benzene rings is 2. The molecular weight excluding hydrogens is 428 g/mol. The fourth-order valence-electron chi connectivity index (χ4n) is 4.56. The number of amides is 1. The number of aliphatic hydroxyl groups is 1. The molecule has 2 aliphatic heterocycles. The molecule has 0 saturated carbocycles. The van der Waals surface area contributed by atoms with Crippen molar-refractivity contribution in [3.63, 3.8) is 0 Å². The normalized spacial score (nSPS) is 21.3. The first-order valence-corrected chi connectivity index (χ1v) is 11.9. The van der Waals surface area contributed by atoms with Gasteiger partial charge in [-0.25, -0.2) is 0 Å². The number of nitrogens with zero attached hydrogens (tertiary/aromatic N) is 2. The van der Waals surface area contributed by atoms with Gasteiger partial charge in [-0.3, -0.25) is 14.5 Å². The van der Waals surface area contributed by atoms with Crippen LogP contribution in [0, 0.1) is 6.92 Å². The van der Waals surface area contributed by atoms with Crippen LogP contribution in [0.2, 0.25) is 0 Å². The minimum absolute atomic E-state index is 0.0153. The number of hydrogen-bond acceptors (Lipinski definition) is 5. The van der Waals surface area contributed by atoms with Crippen LogP contribution >= 0.6 is 0 Å². The average Bonchev–Trinajstić information content (AvgIpc) is 3.08. The van der Waals surface area contributed by atoms with Gasteiger partial charge in [0.2, 0.25) is 0 Å². The van der Waals surface area contributed by atoms with Crippen LogP contribution in [0.1, 0.15) is 49.1 Å². The molecule has 0 radical (unpaired) electrons. The van der Waals surface area contributed by atoms with Gasteiger partial charge in [-0.15, -0.1) is 0 Å². The molecule has 6 nitrogen and oxygen atoms in total. The summed E-state index contributed by atoms with van der Waals surface area (Å²) in [7, 11) is 0. The Morgan fingerprint density at radius 3 is 2.18 bits per heavy atom. The Hall–Kier alpha value is -2.96. The van der Waals surface area contributed by atoms with E-state index in [2.05, 4.69) is 25.7 Å². The maximum atomic E-state index is 13.2. The highest BCUT2D eigenvalue weighted by molar-refractivity contribution is 6.46. The summed E-state index contributed by atoms with van der Waals surface area (Å²) in [6.45, 7) is 12.4. The average molecular weight is 463 g/mol. The summed E-state index contributed by atoms with van der Waals surface area (Å²) >= 11 is 0. The molecule has 0 spiro atoms. The highest BCUT2D eigenvalue weighted by Crippen LogP contribution is 2.40. The van der Waals surface area contributed by atoms with E-state index in [-0.39, 0.29) is 16.7 Å². The van der Waals surface area contributed by atoms with Crippen LogP contribution in [0.4, 0.5) is 0 Å². The van der Waals surface area contributed by atoms with Crippen LogP contribution in [0.25, 0.3) is 5.76 Å². The van der Waals surface area contributed by atoms with Crippen molar-refractivity contribution in [2.75, 3.05) is 39.4 Å². The third-order valence-electron chi connectivity index (χ3n) is 6.72. The summed E-state index contributed by atoms with van der Waals surface area (Å²) in [6.07, 6.45) is 0. The van der Waals surface area contributed by atoms with E-state index < -0.39 is 17.7 Å². The quantitative estimate of drug-likeness (QED) is 0.413. The van der Waals surface area contributed by atoms with Gasteiger partial charge in [0.25, 0.3) is 11.7 Å². The Labute approximate surface area is 201 Å². The number of aryl methyl sites for hydroxylation is 1. The van der Waals surface area contributed by atoms with Crippen LogP contribution in [0.5, 0.6) is 0 Å². The first-order valence-electron chi connectivity index (χ1n) is 11.9. The molecule has 1 amide bonds. The Bertz CT molecular complexity index is 1070. The molecule has 0 aromatic heterocycles. The molecular formula is C28H34N2O4. The second-order valence-corrected chi connectivity index (χ2v) is 10.2. The van der Waals surface area contributed by atoms with Gasteiger partial charge in [-0.05, 0) is 23.5 Å². The summed E-state index contributed by atoms with van der Waals surface area (Å²) in [6, 6.07) is 14.7. The fourth-order valence-corrected chi connectivity index (χ4v) is 4.56. The lowest BCUT2D eigenvalue weighted by atomic mass is 9.85. The molecule has 2 aliphatic rings. The summed E-state index contributed by atoms with van der Waals surface area (Å²) in [4.78, 5) is 30.2. The molecule has 2 saturated heterocycles. The van der Waals surface area contributed by atoms with Crippen molar-refractivity contribution in [3.05, 3.63) is 76.4 Å². The fraction of sp³-hybridized carbons (Fsp3) is 0.429. The number of rotatable bonds is 5. The van der Waals surface area contributed by atoms with Crippen LogP contribution in [0.15, 0.2) is 54.1 Å². The molecule has 180 valence electrons. The monoisotopic (exact) mass is 462 g/mol. The maximum Gasteiger partial charge on any atom is 0.295 e. The molecule has 1 unspecified atom stereocenters. The lowest BCUT2D eigenvalue weighted by molar-refractivity contribution is -0.140. The van der Waals surface area contributed by atoms with Gasteiger partial charge in [0.15, 0.2) is 0 Å². The van der Waals surface area contributed by atoms with Crippen molar-refractivity contribution in [2.24, 2.45) is 0 Å². The molecule has 2 aromatic carbocycles. The Balaban J connectivity index is 1.74. The van der Waals surface area contributed by atoms with Gasteiger partial charge in [-0.2, -0.15) is 0 Å². The highest BCUT2D eigenvalue weighted by atomic mass is 16.5. The number of ketones is 1. The van der Waals surface area contributed by atoms with Crippen molar-refractivity contribution in [1.82, 2.24) is 9.80 Å². The van der Waals surface area contributed by atoms with Crippen molar-refractivity contribution < 1.29 is 19.4 Å². The van der Waals surface area contributed by atoms with Crippen LogP contribution in [-0.4, -0.2) is 66.0 Å². The van der Waals surface area contributed by atoms with E-state index in [0.717, 1.165) is 24.2 Å². The molecule has 0 bridgehead atoms. The predicted molar refractivity (Wildman–Crippen MR) is 133 cm³/mol. The van der Waals surface area contributed by atoms with E-state index in [1.54, 1.807) is 17.0 Å². The zero-order chi connectivity index (χ0) is 24.5. The van der Waals surface area contributed by atoms with Crippen LogP contribution < -0.4 is 0 Å². The van der Waals surface area contributed by atoms with E-state index in [1.165, 1.54) is 5.56 Å². The molecule has 4 rings (SSSR count). The van der Waals surface area contributed by atoms with E-state index in [1.807, 2.05) is 43.3 Å². The molecule has 6 heteroatoms. The number of hydrogen-bond donors (Lipinski definition) is 1. The Kier molecular flexibility index (Phi) is 6.91. The van der Waals surface area contributed by atoms with Crippen molar-refractivity contribution in [3.8, 4) is 0 Å². The largest absolute Gasteiger partial charge is 0.507 e. The topological polar surface area (TPSA) is 70.1 Å². The highest BCUT2D eigenvalue weighted by Gasteiger charge is 2.46. The number of carbonyl (C=O) groups is 2. The molecule has 0 aliphatic carbocycles. The number of carbonyl (C=O) groups excluding carboxylic acids is 2. The molecule has 1 N–H and O–H groups in total. The molecule has 34 heavy (non-hydrogen) atoms. The minimum Gasteiger partial charge on any atom is -0.507 e. The molecule has 2 fully saturated rings. The summed E-state index contributed by atoms with van der Waals surface area (Å²) in [5.41, 5.74) is 3.71. The Morgan fingerprint density at radius 2 is 1.59 bits per heavy atom. The van der Waals surface area contributed by atoms with Gasteiger partial charge < -0.3 is 14.7 Å². The van der Waals surface area contributed by atoms with Gasteiger partial charge in [0.1, 0.15) is 5.76 Å². The van der Waals surface area contributed by atoms with Gasteiger partial charge in [0.05, 0.1) is 24.8 Å². The molecule has 2 aromatic rings. The second-order valence-electron chi connectivity index (χ2n) is 10.2. The van der Waals surface area contributed by atoms with Gasteiger partial charge in [-0.1, -0.05) is 74.9 Å².